The third-order valence-corrected chi connectivity index (χ3v) is 3.57. The van der Waals surface area contributed by atoms with Gasteiger partial charge in [-0.25, -0.2) is 5.48 Å². The number of carbonyl (C=O) groups is 2. The van der Waals surface area contributed by atoms with Crippen LogP contribution in [0.25, 0.3) is 0 Å². The van der Waals surface area contributed by atoms with E-state index in [1.807, 2.05) is 13.8 Å². The van der Waals surface area contributed by atoms with Gasteiger partial charge in [-0.3, -0.25) is 14.8 Å². The molecule has 0 aliphatic heterocycles. The van der Waals surface area contributed by atoms with Gasteiger partial charge >= 0.3 is 65.1 Å². The molecular weight excluding hydrogens is 340 g/mol. The van der Waals surface area contributed by atoms with Crippen LogP contribution in [0.5, 0.6) is 0 Å². The van der Waals surface area contributed by atoms with E-state index in [0.29, 0.717) is 6.42 Å². The molecule has 1 amide bonds. The van der Waals surface area contributed by atoms with E-state index in [0.717, 1.165) is 19.3 Å². The van der Waals surface area contributed by atoms with Gasteiger partial charge in [0.15, 0.2) is 0 Å². The molecule has 7 heteroatoms. The van der Waals surface area contributed by atoms with Crippen LogP contribution in [-0.4, -0.2) is 23.2 Å². The number of unbranched alkanes of at least 4 members (excludes halogenated alkanes) is 8. The molecule has 0 aromatic rings. The monoisotopic (exact) mass is 379 g/mol. The number of hydrogen-bond donors (Lipinski definition) is 2. The second-order valence-corrected chi connectivity index (χ2v) is 5.94. The molecule has 0 bridgehead atoms. The van der Waals surface area contributed by atoms with Crippen molar-refractivity contribution in [2.45, 2.75) is 104 Å². The molecule has 0 radical (unpaired) electrons. The van der Waals surface area contributed by atoms with E-state index in [1.54, 1.807) is 5.48 Å². The Bertz CT molecular complexity index is 303. The van der Waals surface area contributed by atoms with E-state index >= 15 is 0 Å². The van der Waals surface area contributed by atoms with Gasteiger partial charge in [-0.1, -0.05) is 65.2 Å². The Kier molecular flexibility index (Phi) is 36.3. The predicted octanol–water partition coefficient (Wildman–Crippen LogP) is -1.01. The third-order valence-electron chi connectivity index (χ3n) is 3.57. The molecule has 0 fully saturated rings. The Morgan fingerprint density at radius 3 is 1.72 bits per heavy atom. The second kappa shape index (κ2) is 27.1. The first-order chi connectivity index (χ1) is 11.0. The molecule has 0 saturated carbocycles. The van der Waals surface area contributed by atoms with Crippen LogP contribution in [0.1, 0.15) is 101 Å². The van der Waals surface area contributed by atoms with Crippen molar-refractivity contribution >= 4 is 11.9 Å². The summed E-state index contributed by atoms with van der Waals surface area (Å²) in [5.41, 5.74) is 1.65. The minimum atomic E-state index is -0.266. The van der Waals surface area contributed by atoms with E-state index in [9.17, 15) is 9.59 Å². The summed E-state index contributed by atoms with van der Waals surface area (Å²) in [5.74, 6) is -0.461. The minimum absolute atomic E-state index is 0. The van der Waals surface area contributed by atoms with Crippen molar-refractivity contribution in [3.63, 3.8) is 0 Å². The third kappa shape index (κ3) is 33.0. The van der Waals surface area contributed by atoms with Crippen molar-refractivity contribution in [3.8, 4) is 0 Å². The maximum absolute atomic E-state index is 10.7. The number of rotatable bonds is 12. The van der Waals surface area contributed by atoms with Gasteiger partial charge < -0.3 is 7.59 Å². The van der Waals surface area contributed by atoms with Gasteiger partial charge in [0.2, 0.25) is 5.91 Å². The summed E-state index contributed by atoms with van der Waals surface area (Å²) in [6, 6.07) is 0. The van der Waals surface area contributed by atoms with E-state index in [4.69, 9.17) is 9.94 Å². The second-order valence-electron chi connectivity index (χ2n) is 5.94. The van der Waals surface area contributed by atoms with Crippen molar-refractivity contribution in [1.82, 2.24) is 5.48 Å². The molecule has 0 spiro atoms. The predicted molar refractivity (Wildman–Crippen MR) is 95.5 cm³/mol. The number of esters is 1. The van der Waals surface area contributed by atoms with Crippen molar-refractivity contribution in [2.24, 2.45) is 0 Å². The normalized spacial score (nSPS) is 10.3. The number of amides is 1. The van der Waals surface area contributed by atoms with Gasteiger partial charge in [-0.2, -0.15) is 0 Å². The maximum Gasteiger partial charge on any atom is 1.00 e. The molecule has 0 aromatic heterocycles. The number of carbonyl (C=O) groups excluding carboxylic acids is 2. The van der Waals surface area contributed by atoms with Crippen molar-refractivity contribution in [2.75, 3.05) is 0 Å². The summed E-state index contributed by atoms with van der Waals surface area (Å²) in [4.78, 5) is 20.8. The fourth-order valence-electron chi connectivity index (χ4n) is 2.02. The molecule has 0 aliphatic carbocycles. The quantitative estimate of drug-likeness (QED) is 0.150. The SMILES string of the molecule is CCC(C)OC(C)=O.CCCCCCCCCCCC(=O)NO.[H-].[H-].[Na+].[Na+]. The maximum atomic E-state index is 10.7. The molecule has 0 aliphatic rings. The molecule has 1 unspecified atom stereocenters. The van der Waals surface area contributed by atoms with Crippen LogP contribution < -0.4 is 64.6 Å². The molecule has 0 saturated heterocycles. The van der Waals surface area contributed by atoms with Crippen molar-refractivity contribution in [3.05, 3.63) is 0 Å². The molecule has 0 heterocycles. The van der Waals surface area contributed by atoms with Gasteiger partial charge in [0, 0.05) is 13.3 Å². The van der Waals surface area contributed by atoms with Gasteiger partial charge in [0.05, 0.1) is 6.10 Å². The number of ether oxygens (including phenoxy) is 1. The summed E-state index contributed by atoms with van der Waals surface area (Å²) in [7, 11) is 0. The first kappa shape index (κ1) is 33.5. The zero-order chi connectivity index (χ0) is 17.9. The van der Waals surface area contributed by atoms with Crippen LogP contribution in [0.2, 0.25) is 0 Å². The Labute approximate surface area is 201 Å². The molecule has 142 valence electrons. The number of hydroxylamine groups is 1. The summed E-state index contributed by atoms with van der Waals surface area (Å²) in [5, 5.41) is 8.26. The fraction of sp³-hybridized carbons (Fsp3) is 0.889. The summed E-state index contributed by atoms with van der Waals surface area (Å²) in [6.07, 6.45) is 12.6. The first-order valence-electron chi connectivity index (χ1n) is 9.08. The van der Waals surface area contributed by atoms with Crippen LogP contribution >= 0.6 is 0 Å². The Balaban J connectivity index is -0.0000000806. The summed E-state index contributed by atoms with van der Waals surface area (Å²) >= 11 is 0. The van der Waals surface area contributed by atoms with E-state index in [-0.39, 0.29) is 79.9 Å². The summed E-state index contributed by atoms with van der Waals surface area (Å²) < 4.78 is 4.76. The molecule has 1 atom stereocenters. The largest absolute Gasteiger partial charge is 1.00 e. The minimum Gasteiger partial charge on any atom is -1.00 e. The molecule has 25 heavy (non-hydrogen) atoms. The van der Waals surface area contributed by atoms with Gasteiger partial charge in [0.25, 0.3) is 0 Å². The van der Waals surface area contributed by atoms with Crippen LogP contribution in [-0.2, 0) is 14.3 Å². The zero-order valence-corrected chi connectivity index (χ0v) is 21.5. The average molecular weight is 379 g/mol. The van der Waals surface area contributed by atoms with Crippen LogP contribution in [0.4, 0.5) is 0 Å². The Hall–Kier alpha value is 0.900. The fourth-order valence-corrected chi connectivity index (χ4v) is 2.02. The van der Waals surface area contributed by atoms with Crippen LogP contribution in [0.15, 0.2) is 0 Å². The van der Waals surface area contributed by atoms with E-state index < -0.39 is 0 Å². The Morgan fingerprint density at radius 2 is 1.40 bits per heavy atom. The van der Waals surface area contributed by atoms with E-state index in [2.05, 4.69) is 6.92 Å². The van der Waals surface area contributed by atoms with E-state index in [1.165, 1.54) is 51.9 Å². The Morgan fingerprint density at radius 1 is 0.960 bits per heavy atom. The molecule has 0 rings (SSSR count). The van der Waals surface area contributed by atoms with Gasteiger partial charge in [-0.15, -0.1) is 0 Å². The molecular formula is C18H39NNa2O4. The topological polar surface area (TPSA) is 75.6 Å². The molecule has 5 nitrogen and oxygen atoms in total. The van der Waals surface area contributed by atoms with Gasteiger partial charge in [-0.05, 0) is 19.8 Å². The molecule has 0 aromatic carbocycles. The average Bonchev–Trinajstić information content (AvgIpc) is 2.52. The standard InChI is InChI=1S/C12H25NO2.C6H12O2.2Na.2H/c1-2-3-4-5-6-7-8-9-10-11-12(14)13-15;1-4-5(2)8-6(3)7;;;;/h15H,2-11H2,1H3,(H,13,14);5H,4H2,1-3H3;;;;/q;;2*+1;2*-1. The van der Waals surface area contributed by atoms with Crippen LogP contribution in [0, 0.1) is 0 Å². The first-order valence-corrected chi connectivity index (χ1v) is 9.08. The van der Waals surface area contributed by atoms with Crippen LogP contribution in [0.3, 0.4) is 0 Å². The molecule has 2 N–H and O–H groups in total. The van der Waals surface area contributed by atoms with Crippen molar-refractivity contribution in [1.29, 1.82) is 0 Å². The summed E-state index contributed by atoms with van der Waals surface area (Å²) in [6.45, 7) is 7.51. The number of hydrogen-bond acceptors (Lipinski definition) is 4. The number of nitrogens with one attached hydrogen (secondary N) is 1. The zero-order valence-electron chi connectivity index (χ0n) is 19.5. The van der Waals surface area contributed by atoms with Gasteiger partial charge in [0.1, 0.15) is 0 Å². The van der Waals surface area contributed by atoms with Crippen molar-refractivity contribution < 1.29 is 81.5 Å². The smallest absolute Gasteiger partial charge is 1.00 e.